The van der Waals surface area contributed by atoms with Crippen LogP contribution in [0.15, 0.2) is 30.3 Å². The summed E-state index contributed by atoms with van der Waals surface area (Å²) >= 11 is 0. The highest BCUT2D eigenvalue weighted by Crippen LogP contribution is 2.36. The minimum atomic E-state index is -0.631. The third-order valence-electron chi connectivity index (χ3n) is 4.34. The molecule has 0 radical (unpaired) electrons. The molecular formula is C18H26O8. The summed E-state index contributed by atoms with van der Waals surface area (Å²) in [7, 11) is 4.67. The molecule has 1 aromatic carbocycles. The Morgan fingerprint density at radius 1 is 0.923 bits per heavy atom. The zero-order valence-electron chi connectivity index (χ0n) is 15.2. The molecule has 2 saturated heterocycles. The molecule has 6 atom stereocenters. The molecule has 2 aliphatic rings. The highest BCUT2D eigenvalue weighted by molar-refractivity contribution is 5.16. The van der Waals surface area contributed by atoms with Gasteiger partial charge in [-0.15, -0.1) is 0 Å². The van der Waals surface area contributed by atoms with Crippen molar-refractivity contribution in [1.29, 1.82) is 0 Å². The third kappa shape index (κ3) is 4.41. The Morgan fingerprint density at radius 2 is 1.62 bits per heavy atom. The van der Waals surface area contributed by atoms with Gasteiger partial charge in [0.1, 0.15) is 38.0 Å². The molecule has 2 fully saturated rings. The average Bonchev–Trinajstić information content (AvgIpc) is 2.70. The quantitative estimate of drug-likeness (QED) is 0.637. The lowest BCUT2D eigenvalue weighted by Gasteiger charge is -2.48. The molecule has 0 N–H and O–H groups in total. The normalized spacial score (nSPS) is 34.4. The van der Waals surface area contributed by atoms with Crippen molar-refractivity contribution in [3.05, 3.63) is 35.9 Å². The first-order valence-electron chi connectivity index (χ1n) is 8.49. The summed E-state index contributed by atoms with van der Waals surface area (Å²) in [6.07, 6.45) is -2.89. The maximum Gasteiger partial charge on any atom is 0.186 e. The van der Waals surface area contributed by atoms with Crippen LogP contribution < -0.4 is 0 Å². The number of hydrogen-bond acceptors (Lipinski definition) is 8. The molecule has 2 aliphatic heterocycles. The van der Waals surface area contributed by atoms with Crippen LogP contribution in [-0.4, -0.2) is 72.2 Å². The number of rotatable bonds is 8. The van der Waals surface area contributed by atoms with E-state index in [1.54, 1.807) is 21.3 Å². The van der Waals surface area contributed by atoms with Gasteiger partial charge in [0.05, 0.1) is 6.61 Å². The van der Waals surface area contributed by atoms with Crippen molar-refractivity contribution >= 4 is 0 Å². The van der Waals surface area contributed by atoms with Gasteiger partial charge in [0.2, 0.25) is 0 Å². The first-order chi connectivity index (χ1) is 12.8. The van der Waals surface area contributed by atoms with Gasteiger partial charge in [-0.1, -0.05) is 30.3 Å². The van der Waals surface area contributed by atoms with E-state index in [1.165, 1.54) is 0 Å². The molecule has 8 nitrogen and oxygen atoms in total. The van der Waals surface area contributed by atoms with Crippen LogP contribution >= 0.6 is 0 Å². The number of benzene rings is 1. The number of ether oxygens (including phenoxy) is 8. The molecule has 8 heteroatoms. The van der Waals surface area contributed by atoms with E-state index in [0.29, 0.717) is 6.61 Å². The molecule has 0 spiro atoms. The van der Waals surface area contributed by atoms with Gasteiger partial charge in [-0.25, -0.2) is 0 Å². The highest BCUT2D eigenvalue weighted by atomic mass is 16.8. The maximum atomic E-state index is 6.18. The van der Waals surface area contributed by atoms with E-state index in [2.05, 4.69) is 0 Å². The molecule has 0 aliphatic carbocycles. The summed E-state index contributed by atoms with van der Waals surface area (Å²) < 4.78 is 45.2. The third-order valence-corrected chi connectivity index (χ3v) is 4.34. The second kappa shape index (κ2) is 9.72. The van der Waals surface area contributed by atoms with Crippen molar-refractivity contribution in [3.63, 3.8) is 0 Å². The molecule has 1 unspecified atom stereocenters. The fourth-order valence-electron chi connectivity index (χ4n) is 3.17. The monoisotopic (exact) mass is 370 g/mol. The second-order valence-electron chi connectivity index (χ2n) is 6.03. The van der Waals surface area contributed by atoms with E-state index in [1.807, 2.05) is 30.3 Å². The van der Waals surface area contributed by atoms with Gasteiger partial charge < -0.3 is 37.9 Å². The summed E-state index contributed by atoms with van der Waals surface area (Å²) in [5, 5.41) is 0. The lowest BCUT2D eigenvalue weighted by atomic mass is 9.97. The highest BCUT2D eigenvalue weighted by Gasteiger charge is 2.51. The minimum absolute atomic E-state index is 0.0801. The van der Waals surface area contributed by atoms with Crippen LogP contribution in [0.2, 0.25) is 0 Å². The number of hydrogen-bond donors (Lipinski definition) is 0. The number of methoxy groups -OCH3 is 3. The SMILES string of the molecule is COCO[C@@H]1[C@@H](OCOC)[C@@H](OC)O[C@@H]2COC(c3ccccc3)O[C@@H]12. The van der Waals surface area contributed by atoms with Gasteiger partial charge in [0.15, 0.2) is 12.6 Å². The molecule has 0 bridgehead atoms. The Labute approximate surface area is 153 Å². The van der Waals surface area contributed by atoms with E-state index >= 15 is 0 Å². The van der Waals surface area contributed by atoms with Crippen LogP contribution in [0.4, 0.5) is 0 Å². The molecule has 3 rings (SSSR count). The predicted octanol–water partition coefficient (Wildman–Crippen LogP) is 1.45. The zero-order chi connectivity index (χ0) is 18.4. The van der Waals surface area contributed by atoms with Gasteiger partial charge >= 0.3 is 0 Å². The summed E-state index contributed by atoms with van der Waals surface area (Å²) in [5.74, 6) is 0. The van der Waals surface area contributed by atoms with Gasteiger partial charge in [0.25, 0.3) is 0 Å². The Hall–Kier alpha value is -1.10. The fourth-order valence-corrected chi connectivity index (χ4v) is 3.17. The molecule has 2 heterocycles. The predicted molar refractivity (Wildman–Crippen MR) is 89.2 cm³/mol. The van der Waals surface area contributed by atoms with E-state index in [0.717, 1.165) is 5.56 Å². The summed E-state index contributed by atoms with van der Waals surface area (Å²) in [6, 6.07) is 9.74. The van der Waals surface area contributed by atoms with Crippen molar-refractivity contribution in [2.45, 2.75) is 37.0 Å². The fraction of sp³-hybridized carbons (Fsp3) is 0.667. The molecule has 146 valence electrons. The van der Waals surface area contributed by atoms with Gasteiger partial charge in [-0.2, -0.15) is 0 Å². The van der Waals surface area contributed by atoms with Crippen LogP contribution in [-0.2, 0) is 37.9 Å². The second-order valence-corrected chi connectivity index (χ2v) is 6.03. The van der Waals surface area contributed by atoms with Crippen molar-refractivity contribution in [3.8, 4) is 0 Å². The van der Waals surface area contributed by atoms with Gasteiger partial charge in [0, 0.05) is 26.9 Å². The van der Waals surface area contributed by atoms with E-state index in [9.17, 15) is 0 Å². The van der Waals surface area contributed by atoms with Crippen molar-refractivity contribution in [2.24, 2.45) is 0 Å². The van der Waals surface area contributed by atoms with Crippen LogP contribution in [0.3, 0.4) is 0 Å². The van der Waals surface area contributed by atoms with Gasteiger partial charge in [-0.3, -0.25) is 0 Å². The minimum Gasteiger partial charge on any atom is -0.359 e. The molecule has 1 aromatic rings. The topological polar surface area (TPSA) is 73.8 Å². The van der Waals surface area contributed by atoms with E-state index < -0.39 is 30.9 Å². The Balaban J connectivity index is 1.79. The van der Waals surface area contributed by atoms with E-state index in [-0.39, 0.29) is 19.7 Å². The Morgan fingerprint density at radius 3 is 2.27 bits per heavy atom. The van der Waals surface area contributed by atoms with Crippen LogP contribution in [0, 0.1) is 0 Å². The van der Waals surface area contributed by atoms with Crippen molar-refractivity contribution in [1.82, 2.24) is 0 Å². The van der Waals surface area contributed by atoms with Crippen molar-refractivity contribution < 1.29 is 37.9 Å². The molecule has 0 aromatic heterocycles. The average molecular weight is 370 g/mol. The molecule has 0 amide bonds. The Bertz CT molecular complexity index is 527. The standard InChI is InChI=1S/C18H26O8/c1-19-10-23-15-14-13(25-18(21-3)16(15)24-11-20-2)9-22-17(26-14)12-7-5-4-6-8-12/h4-8,13-18H,9-11H2,1-3H3/t13-,14-,15+,16-,17?,18+/m1/s1. The van der Waals surface area contributed by atoms with Gasteiger partial charge in [-0.05, 0) is 0 Å². The Kier molecular flexibility index (Phi) is 7.35. The van der Waals surface area contributed by atoms with Crippen molar-refractivity contribution in [2.75, 3.05) is 41.5 Å². The summed E-state index contributed by atoms with van der Waals surface area (Å²) in [6.45, 7) is 0.530. The zero-order valence-corrected chi connectivity index (χ0v) is 15.2. The van der Waals surface area contributed by atoms with E-state index in [4.69, 9.17) is 37.9 Å². The first-order valence-corrected chi connectivity index (χ1v) is 8.49. The summed E-state index contributed by atoms with van der Waals surface area (Å²) in [4.78, 5) is 0. The largest absolute Gasteiger partial charge is 0.359 e. The summed E-state index contributed by atoms with van der Waals surface area (Å²) in [5.41, 5.74) is 0.930. The number of fused-ring (bicyclic) bond motifs is 1. The van der Waals surface area contributed by atoms with Crippen LogP contribution in [0.5, 0.6) is 0 Å². The first kappa shape index (κ1) is 19.7. The molecule has 0 saturated carbocycles. The van der Waals surface area contributed by atoms with Crippen LogP contribution in [0.1, 0.15) is 11.9 Å². The lowest BCUT2D eigenvalue weighted by Crippen LogP contribution is -2.63. The lowest BCUT2D eigenvalue weighted by molar-refractivity contribution is -0.375. The molecular weight excluding hydrogens is 344 g/mol. The maximum absolute atomic E-state index is 6.18. The smallest absolute Gasteiger partial charge is 0.186 e. The molecule has 26 heavy (non-hydrogen) atoms. The van der Waals surface area contributed by atoms with Crippen LogP contribution in [0.25, 0.3) is 0 Å².